The number of hydrogen-bond acceptors (Lipinski definition) is 3. The number of hydrogen-bond donors (Lipinski definition) is 1. The molecule has 0 spiro atoms. The molecule has 3 rings (SSSR count). The van der Waals surface area contributed by atoms with Gasteiger partial charge in [-0.15, -0.1) is 0 Å². The molecule has 5 heteroatoms. The molecule has 3 nitrogen and oxygen atoms in total. The topological polar surface area (TPSA) is 32.7 Å². The molecule has 1 N–H and O–H groups in total. The van der Waals surface area contributed by atoms with Gasteiger partial charge in [0, 0.05) is 29.7 Å². The molecule has 2 aromatic carbocycles. The van der Waals surface area contributed by atoms with E-state index in [1.807, 2.05) is 6.07 Å². The van der Waals surface area contributed by atoms with Gasteiger partial charge in [0.2, 0.25) is 0 Å². The predicted molar refractivity (Wildman–Crippen MR) is 97.5 cm³/mol. The van der Waals surface area contributed by atoms with E-state index in [4.69, 9.17) is 27.9 Å². The third-order valence-corrected chi connectivity index (χ3v) is 4.85. The van der Waals surface area contributed by atoms with E-state index in [9.17, 15) is 5.11 Å². The smallest absolute Gasteiger partial charge is 0.0900 e. The van der Waals surface area contributed by atoms with Crippen LogP contribution in [0.15, 0.2) is 42.5 Å². The SMILES string of the molecule is OC(COCc1ccc(Cl)cc1Cl)CN1CCc2ccccc2C1. The normalized spacial score (nSPS) is 16.0. The molecular weight excluding hydrogens is 345 g/mol. The Labute approximate surface area is 152 Å². The van der Waals surface area contributed by atoms with Crippen LogP contribution in [0.1, 0.15) is 16.7 Å². The zero-order valence-electron chi connectivity index (χ0n) is 13.4. The highest BCUT2D eigenvalue weighted by atomic mass is 35.5. The van der Waals surface area contributed by atoms with E-state index in [1.165, 1.54) is 11.1 Å². The highest BCUT2D eigenvalue weighted by Gasteiger charge is 2.18. The summed E-state index contributed by atoms with van der Waals surface area (Å²) in [5, 5.41) is 11.4. The van der Waals surface area contributed by atoms with Gasteiger partial charge in [-0.25, -0.2) is 0 Å². The summed E-state index contributed by atoms with van der Waals surface area (Å²) in [5.41, 5.74) is 3.64. The molecule has 1 aliphatic heterocycles. The number of nitrogens with zero attached hydrogens (tertiary/aromatic N) is 1. The minimum absolute atomic E-state index is 0.289. The number of halogens is 2. The van der Waals surface area contributed by atoms with E-state index < -0.39 is 6.10 Å². The maximum Gasteiger partial charge on any atom is 0.0900 e. The van der Waals surface area contributed by atoms with Crippen molar-refractivity contribution in [3.8, 4) is 0 Å². The first-order chi connectivity index (χ1) is 11.6. The molecule has 0 radical (unpaired) electrons. The molecule has 0 amide bonds. The van der Waals surface area contributed by atoms with Crippen LogP contribution in [0.2, 0.25) is 10.0 Å². The van der Waals surface area contributed by atoms with Crippen molar-refractivity contribution < 1.29 is 9.84 Å². The van der Waals surface area contributed by atoms with Crippen molar-refractivity contribution in [2.75, 3.05) is 19.7 Å². The van der Waals surface area contributed by atoms with E-state index in [2.05, 4.69) is 29.2 Å². The molecule has 2 aromatic rings. The summed E-state index contributed by atoms with van der Waals surface area (Å²) >= 11 is 12.0. The Morgan fingerprint density at radius 1 is 1.12 bits per heavy atom. The zero-order chi connectivity index (χ0) is 16.9. The highest BCUT2D eigenvalue weighted by Crippen LogP contribution is 2.22. The van der Waals surface area contributed by atoms with Gasteiger partial charge in [-0.3, -0.25) is 4.90 Å². The fourth-order valence-electron chi connectivity index (χ4n) is 3.00. The molecule has 24 heavy (non-hydrogen) atoms. The van der Waals surface area contributed by atoms with Gasteiger partial charge >= 0.3 is 0 Å². The maximum atomic E-state index is 10.2. The molecule has 1 aliphatic rings. The van der Waals surface area contributed by atoms with E-state index in [-0.39, 0.29) is 6.61 Å². The lowest BCUT2D eigenvalue weighted by molar-refractivity contribution is 0.00776. The fourth-order valence-corrected chi connectivity index (χ4v) is 3.47. The molecule has 1 atom stereocenters. The Hall–Kier alpha value is -1.10. The number of benzene rings is 2. The second kappa shape index (κ2) is 8.32. The van der Waals surface area contributed by atoms with Crippen LogP contribution in [-0.2, 0) is 24.3 Å². The Bertz CT molecular complexity index is 693. The van der Waals surface area contributed by atoms with Gasteiger partial charge in [0.05, 0.1) is 19.3 Å². The highest BCUT2D eigenvalue weighted by molar-refractivity contribution is 6.35. The molecule has 0 bridgehead atoms. The first kappa shape index (κ1) is 17.7. The number of aliphatic hydroxyl groups excluding tert-OH is 1. The summed E-state index contributed by atoms with van der Waals surface area (Å²) in [6.07, 6.45) is 0.519. The van der Waals surface area contributed by atoms with E-state index in [1.54, 1.807) is 12.1 Å². The van der Waals surface area contributed by atoms with Crippen molar-refractivity contribution in [1.29, 1.82) is 0 Å². The molecular formula is C19H21Cl2NO2. The lowest BCUT2D eigenvalue weighted by Gasteiger charge is -2.30. The predicted octanol–water partition coefficient (Wildman–Crippen LogP) is 3.93. The van der Waals surface area contributed by atoms with Gasteiger partial charge in [0.25, 0.3) is 0 Å². The summed E-state index contributed by atoms with van der Waals surface area (Å²) < 4.78 is 5.61. The second-order valence-corrected chi connectivity index (χ2v) is 7.00. The third kappa shape index (κ3) is 4.71. The summed E-state index contributed by atoms with van der Waals surface area (Å²) in [7, 11) is 0. The minimum atomic E-state index is -0.513. The van der Waals surface area contributed by atoms with Crippen LogP contribution in [0.25, 0.3) is 0 Å². The first-order valence-electron chi connectivity index (χ1n) is 8.10. The van der Waals surface area contributed by atoms with Crippen molar-refractivity contribution >= 4 is 23.2 Å². The van der Waals surface area contributed by atoms with E-state index in [0.29, 0.717) is 23.2 Å². The molecule has 1 unspecified atom stereocenters. The van der Waals surface area contributed by atoms with Gasteiger partial charge in [0.15, 0.2) is 0 Å². The number of rotatable bonds is 6. The van der Waals surface area contributed by atoms with E-state index >= 15 is 0 Å². The van der Waals surface area contributed by atoms with Crippen LogP contribution in [0.5, 0.6) is 0 Å². The van der Waals surface area contributed by atoms with Gasteiger partial charge < -0.3 is 9.84 Å². The van der Waals surface area contributed by atoms with Gasteiger partial charge in [-0.1, -0.05) is 53.5 Å². The minimum Gasteiger partial charge on any atom is -0.389 e. The number of β-amino-alcohol motifs (C(OH)–C–C–N with tert-alkyl or cyclic N) is 1. The molecule has 0 saturated heterocycles. The van der Waals surface area contributed by atoms with Crippen molar-refractivity contribution in [3.05, 3.63) is 69.2 Å². The Balaban J connectivity index is 1.44. The summed E-state index contributed by atoms with van der Waals surface area (Å²) in [6, 6.07) is 13.8. The molecule has 0 fully saturated rings. The molecule has 0 aromatic heterocycles. The zero-order valence-corrected chi connectivity index (χ0v) is 14.9. The van der Waals surface area contributed by atoms with Gasteiger partial charge in [-0.2, -0.15) is 0 Å². The van der Waals surface area contributed by atoms with Crippen LogP contribution in [0.3, 0.4) is 0 Å². The Kier molecular flexibility index (Phi) is 6.14. The Morgan fingerprint density at radius 2 is 1.92 bits per heavy atom. The molecule has 1 heterocycles. The number of ether oxygens (including phenoxy) is 1. The largest absolute Gasteiger partial charge is 0.389 e. The Morgan fingerprint density at radius 3 is 2.71 bits per heavy atom. The quantitative estimate of drug-likeness (QED) is 0.841. The van der Waals surface area contributed by atoms with Crippen LogP contribution in [-0.4, -0.2) is 35.8 Å². The summed E-state index contributed by atoms with van der Waals surface area (Å²) in [6.45, 7) is 3.13. The fraction of sp³-hybridized carbons (Fsp3) is 0.368. The summed E-state index contributed by atoms with van der Waals surface area (Å²) in [5.74, 6) is 0. The monoisotopic (exact) mass is 365 g/mol. The van der Waals surface area contributed by atoms with Crippen LogP contribution >= 0.6 is 23.2 Å². The van der Waals surface area contributed by atoms with Crippen LogP contribution in [0, 0.1) is 0 Å². The van der Waals surface area contributed by atoms with Crippen molar-refractivity contribution in [2.24, 2.45) is 0 Å². The lowest BCUT2D eigenvalue weighted by atomic mass is 10.00. The van der Waals surface area contributed by atoms with Crippen molar-refractivity contribution in [1.82, 2.24) is 4.90 Å². The van der Waals surface area contributed by atoms with Crippen molar-refractivity contribution in [3.63, 3.8) is 0 Å². The first-order valence-corrected chi connectivity index (χ1v) is 8.86. The number of fused-ring (bicyclic) bond motifs is 1. The molecule has 0 aliphatic carbocycles. The maximum absolute atomic E-state index is 10.2. The number of aliphatic hydroxyl groups is 1. The van der Waals surface area contributed by atoms with Crippen LogP contribution < -0.4 is 0 Å². The van der Waals surface area contributed by atoms with Gasteiger partial charge in [0.1, 0.15) is 0 Å². The second-order valence-electron chi connectivity index (χ2n) is 6.16. The van der Waals surface area contributed by atoms with Crippen LogP contribution in [0.4, 0.5) is 0 Å². The molecule has 0 saturated carbocycles. The average Bonchev–Trinajstić information content (AvgIpc) is 2.57. The lowest BCUT2D eigenvalue weighted by Crippen LogP contribution is -2.38. The third-order valence-electron chi connectivity index (χ3n) is 4.26. The van der Waals surface area contributed by atoms with Gasteiger partial charge in [-0.05, 0) is 35.2 Å². The van der Waals surface area contributed by atoms with Crippen molar-refractivity contribution in [2.45, 2.75) is 25.7 Å². The average molecular weight is 366 g/mol. The standard InChI is InChI=1S/C19H21Cl2NO2/c20-17-6-5-16(19(21)9-17)12-24-13-18(23)11-22-8-7-14-3-1-2-4-15(14)10-22/h1-6,9,18,23H,7-8,10-13H2. The van der Waals surface area contributed by atoms with E-state index in [0.717, 1.165) is 25.1 Å². The summed E-state index contributed by atoms with van der Waals surface area (Å²) in [4.78, 5) is 2.27. The molecule has 128 valence electrons.